The van der Waals surface area contributed by atoms with E-state index in [1.807, 2.05) is 0 Å². The quantitative estimate of drug-likeness (QED) is 0.562. The first-order valence-corrected chi connectivity index (χ1v) is 4.77. The van der Waals surface area contributed by atoms with Gasteiger partial charge >= 0.3 is 0 Å². The molecule has 0 saturated carbocycles. The molecule has 4 heteroatoms. The van der Waals surface area contributed by atoms with Crippen molar-refractivity contribution in [2.24, 2.45) is 5.92 Å². The zero-order chi connectivity index (χ0) is 10.6. The summed E-state index contributed by atoms with van der Waals surface area (Å²) in [4.78, 5) is 23.1. The van der Waals surface area contributed by atoms with Crippen molar-refractivity contribution in [2.75, 3.05) is 13.1 Å². The molecule has 0 radical (unpaired) electrons. The van der Waals surface area contributed by atoms with Gasteiger partial charge in [-0.2, -0.15) is 0 Å². The van der Waals surface area contributed by atoms with Crippen molar-refractivity contribution < 1.29 is 14.7 Å². The van der Waals surface area contributed by atoms with Gasteiger partial charge in [0.15, 0.2) is 0 Å². The predicted octanol–water partition coefficient (Wildman–Crippen LogP) is -0.449. The Morgan fingerprint density at radius 2 is 1.86 bits per heavy atom. The Bertz CT molecular complexity index is 252. The minimum Gasteiger partial charge on any atom is -0.545 e. The van der Waals surface area contributed by atoms with E-state index in [4.69, 9.17) is 0 Å². The number of hydrogen-bond acceptors (Lipinski definition) is 3. The first-order valence-electron chi connectivity index (χ1n) is 4.77. The average molecular weight is 196 g/mol. The van der Waals surface area contributed by atoms with E-state index in [2.05, 4.69) is 6.92 Å². The van der Waals surface area contributed by atoms with Gasteiger partial charge in [-0.05, 0) is 24.8 Å². The first kappa shape index (κ1) is 10.8. The van der Waals surface area contributed by atoms with Gasteiger partial charge < -0.3 is 14.8 Å². The zero-order valence-corrected chi connectivity index (χ0v) is 8.23. The molecule has 0 unspecified atom stereocenters. The highest BCUT2D eigenvalue weighted by atomic mass is 16.4. The standard InChI is InChI=1S/C10H15NO3/c1-8-4-6-11(7-5-8)9(12)2-3-10(13)14/h2-3,8H,4-7H2,1H3,(H,13,14)/p-1. The Morgan fingerprint density at radius 3 is 2.36 bits per heavy atom. The molecule has 1 fully saturated rings. The lowest BCUT2D eigenvalue weighted by atomic mass is 9.99. The summed E-state index contributed by atoms with van der Waals surface area (Å²) < 4.78 is 0. The molecule has 0 atom stereocenters. The van der Waals surface area contributed by atoms with Crippen LogP contribution in [-0.2, 0) is 9.59 Å². The summed E-state index contributed by atoms with van der Waals surface area (Å²) in [5, 5.41) is 10.1. The number of carboxylic acid groups (broad SMARTS) is 1. The third-order valence-electron chi connectivity index (χ3n) is 2.46. The molecule has 0 aromatic rings. The molecule has 1 aliphatic rings. The number of carbonyl (C=O) groups is 2. The molecule has 0 bridgehead atoms. The summed E-state index contributed by atoms with van der Waals surface area (Å²) in [5.41, 5.74) is 0. The number of nitrogens with zero attached hydrogens (tertiary/aromatic N) is 1. The fourth-order valence-electron chi connectivity index (χ4n) is 1.47. The number of hydrogen-bond donors (Lipinski definition) is 0. The molecular formula is C10H14NO3-. The maximum atomic E-state index is 11.4. The maximum absolute atomic E-state index is 11.4. The summed E-state index contributed by atoms with van der Waals surface area (Å²) in [7, 11) is 0. The third kappa shape index (κ3) is 3.20. The highest BCUT2D eigenvalue weighted by Crippen LogP contribution is 2.15. The van der Waals surface area contributed by atoms with Crippen LogP contribution in [-0.4, -0.2) is 29.9 Å². The van der Waals surface area contributed by atoms with Crippen molar-refractivity contribution in [3.8, 4) is 0 Å². The van der Waals surface area contributed by atoms with Gasteiger partial charge in [-0.15, -0.1) is 0 Å². The van der Waals surface area contributed by atoms with Crippen molar-refractivity contribution in [1.29, 1.82) is 0 Å². The molecule has 1 amide bonds. The van der Waals surface area contributed by atoms with Crippen LogP contribution in [0.1, 0.15) is 19.8 Å². The normalized spacial score (nSPS) is 18.8. The van der Waals surface area contributed by atoms with Crippen molar-refractivity contribution in [3.05, 3.63) is 12.2 Å². The topological polar surface area (TPSA) is 60.4 Å². The molecule has 78 valence electrons. The molecule has 4 nitrogen and oxygen atoms in total. The molecule has 0 spiro atoms. The monoisotopic (exact) mass is 196 g/mol. The van der Waals surface area contributed by atoms with E-state index in [0.29, 0.717) is 5.92 Å². The Balaban J connectivity index is 2.42. The van der Waals surface area contributed by atoms with Crippen molar-refractivity contribution in [2.45, 2.75) is 19.8 Å². The minimum absolute atomic E-state index is 0.235. The number of carbonyl (C=O) groups excluding carboxylic acids is 2. The summed E-state index contributed by atoms with van der Waals surface area (Å²) in [6.07, 6.45) is 3.82. The lowest BCUT2D eigenvalue weighted by molar-refractivity contribution is -0.297. The fraction of sp³-hybridized carbons (Fsp3) is 0.600. The molecular weight excluding hydrogens is 182 g/mol. The number of aliphatic carboxylic acids is 1. The van der Waals surface area contributed by atoms with E-state index in [1.165, 1.54) is 0 Å². The van der Waals surface area contributed by atoms with E-state index < -0.39 is 5.97 Å². The van der Waals surface area contributed by atoms with Crippen LogP contribution in [0.3, 0.4) is 0 Å². The van der Waals surface area contributed by atoms with Crippen LogP contribution in [0, 0.1) is 5.92 Å². The third-order valence-corrected chi connectivity index (χ3v) is 2.46. The average Bonchev–Trinajstić information content (AvgIpc) is 2.15. The van der Waals surface area contributed by atoms with Gasteiger partial charge in [0, 0.05) is 19.2 Å². The van der Waals surface area contributed by atoms with Gasteiger partial charge in [0.1, 0.15) is 0 Å². The SMILES string of the molecule is CC1CCN(C(=O)C=CC(=O)[O-])CC1. The van der Waals surface area contributed by atoms with Crippen LogP contribution in [0.15, 0.2) is 12.2 Å². The summed E-state index contributed by atoms with van der Waals surface area (Å²) in [5.74, 6) is -0.908. The Hall–Kier alpha value is -1.32. The number of carboxylic acids is 1. The van der Waals surface area contributed by atoms with Crippen LogP contribution >= 0.6 is 0 Å². The smallest absolute Gasteiger partial charge is 0.246 e. The molecule has 1 aliphatic heterocycles. The number of likely N-dealkylation sites (tertiary alicyclic amines) is 1. The molecule has 1 saturated heterocycles. The first-order chi connectivity index (χ1) is 6.59. The minimum atomic E-state index is -1.33. The second-order valence-corrected chi connectivity index (χ2v) is 3.66. The lowest BCUT2D eigenvalue weighted by Crippen LogP contribution is -2.37. The largest absolute Gasteiger partial charge is 0.545 e. The Morgan fingerprint density at radius 1 is 1.29 bits per heavy atom. The molecule has 0 aromatic carbocycles. The molecule has 14 heavy (non-hydrogen) atoms. The number of rotatable bonds is 2. The molecule has 0 N–H and O–H groups in total. The van der Waals surface area contributed by atoms with E-state index in [9.17, 15) is 14.7 Å². The fourth-order valence-corrected chi connectivity index (χ4v) is 1.47. The molecule has 1 heterocycles. The van der Waals surface area contributed by atoms with Crippen LogP contribution in [0.5, 0.6) is 0 Å². The zero-order valence-electron chi connectivity index (χ0n) is 8.23. The van der Waals surface area contributed by atoms with Gasteiger partial charge in [0.25, 0.3) is 0 Å². The molecule has 1 rings (SSSR count). The second kappa shape index (κ2) is 4.79. The van der Waals surface area contributed by atoms with Crippen LogP contribution in [0.4, 0.5) is 0 Å². The molecule has 0 aromatic heterocycles. The van der Waals surface area contributed by atoms with Crippen LogP contribution in [0.25, 0.3) is 0 Å². The van der Waals surface area contributed by atoms with Crippen molar-refractivity contribution in [1.82, 2.24) is 4.90 Å². The Kier molecular flexibility index (Phi) is 3.68. The highest BCUT2D eigenvalue weighted by molar-refractivity contribution is 5.93. The summed E-state index contributed by atoms with van der Waals surface area (Å²) in [6, 6.07) is 0. The molecule has 0 aliphatic carbocycles. The summed E-state index contributed by atoms with van der Waals surface area (Å²) >= 11 is 0. The Labute approximate surface area is 83.2 Å². The summed E-state index contributed by atoms with van der Waals surface area (Å²) in [6.45, 7) is 3.59. The van der Waals surface area contributed by atoms with E-state index in [-0.39, 0.29) is 5.91 Å². The van der Waals surface area contributed by atoms with E-state index in [0.717, 1.165) is 38.1 Å². The van der Waals surface area contributed by atoms with Crippen molar-refractivity contribution >= 4 is 11.9 Å². The van der Waals surface area contributed by atoms with Gasteiger partial charge in [0.2, 0.25) is 5.91 Å². The lowest BCUT2D eigenvalue weighted by Gasteiger charge is -2.29. The van der Waals surface area contributed by atoms with Crippen LogP contribution in [0.2, 0.25) is 0 Å². The second-order valence-electron chi connectivity index (χ2n) is 3.66. The highest BCUT2D eigenvalue weighted by Gasteiger charge is 2.17. The van der Waals surface area contributed by atoms with E-state index in [1.54, 1.807) is 4.90 Å². The van der Waals surface area contributed by atoms with Gasteiger partial charge in [-0.1, -0.05) is 6.92 Å². The van der Waals surface area contributed by atoms with Gasteiger partial charge in [-0.3, -0.25) is 4.79 Å². The maximum Gasteiger partial charge on any atom is 0.246 e. The van der Waals surface area contributed by atoms with Crippen molar-refractivity contribution in [3.63, 3.8) is 0 Å². The number of piperidine rings is 1. The number of amides is 1. The van der Waals surface area contributed by atoms with Gasteiger partial charge in [0.05, 0.1) is 5.97 Å². The predicted molar refractivity (Wildman–Crippen MR) is 49.1 cm³/mol. The van der Waals surface area contributed by atoms with Gasteiger partial charge in [-0.25, -0.2) is 0 Å². The van der Waals surface area contributed by atoms with E-state index >= 15 is 0 Å². The van der Waals surface area contributed by atoms with Crippen LogP contribution < -0.4 is 5.11 Å².